The Morgan fingerprint density at radius 2 is 1.75 bits per heavy atom. The molecule has 0 radical (unpaired) electrons. The van der Waals surface area contributed by atoms with Crippen molar-refractivity contribution in [3.05, 3.63) is 70.7 Å². The predicted octanol–water partition coefficient (Wildman–Crippen LogP) is 5.20. The number of rotatable bonds is 8. The van der Waals surface area contributed by atoms with Gasteiger partial charge >= 0.3 is 5.97 Å². The number of piperidine rings is 1. The van der Waals surface area contributed by atoms with E-state index in [4.69, 9.17) is 21.4 Å². The van der Waals surface area contributed by atoms with Gasteiger partial charge < -0.3 is 14.7 Å². The molecule has 1 atom stereocenters. The fourth-order valence-electron chi connectivity index (χ4n) is 3.56. The Balaban J connectivity index is 0.00000280. The number of likely N-dealkylation sites (tertiary alicyclic amines) is 1. The van der Waals surface area contributed by atoms with Crippen LogP contribution in [-0.2, 0) is 9.53 Å². The topological polar surface area (TPSA) is 49.8 Å². The second-order valence-corrected chi connectivity index (χ2v) is 7.39. The molecule has 6 heteroatoms. The van der Waals surface area contributed by atoms with Crippen LogP contribution in [0.4, 0.5) is 0 Å². The van der Waals surface area contributed by atoms with Gasteiger partial charge in [-0.1, -0.05) is 60.1 Å². The van der Waals surface area contributed by atoms with Gasteiger partial charge in [0.2, 0.25) is 0 Å². The SMILES string of the molecule is Cl.O=C(O)CCCN1CCC(OC(c2ccccc2)c2ccccc2Cl)CC1. The summed E-state index contributed by atoms with van der Waals surface area (Å²) in [6.07, 6.45) is 2.82. The number of ether oxygens (including phenoxy) is 1. The van der Waals surface area contributed by atoms with E-state index in [1.54, 1.807) is 0 Å². The molecule has 1 heterocycles. The van der Waals surface area contributed by atoms with Crippen molar-refractivity contribution < 1.29 is 14.6 Å². The molecule has 28 heavy (non-hydrogen) atoms. The van der Waals surface area contributed by atoms with Gasteiger partial charge in [0.15, 0.2) is 0 Å². The first-order chi connectivity index (χ1) is 13.1. The average molecular weight is 424 g/mol. The number of halogens is 2. The molecule has 3 rings (SSSR count). The van der Waals surface area contributed by atoms with Crippen LogP contribution < -0.4 is 0 Å². The van der Waals surface area contributed by atoms with Gasteiger partial charge in [0, 0.05) is 30.1 Å². The van der Waals surface area contributed by atoms with Crippen LogP contribution in [0.3, 0.4) is 0 Å². The van der Waals surface area contributed by atoms with E-state index < -0.39 is 5.97 Å². The number of hydrogen-bond donors (Lipinski definition) is 1. The molecular weight excluding hydrogens is 397 g/mol. The molecule has 1 aliphatic rings. The highest BCUT2D eigenvalue weighted by molar-refractivity contribution is 6.31. The summed E-state index contributed by atoms with van der Waals surface area (Å²) in [6.45, 7) is 2.72. The molecule has 2 aromatic carbocycles. The van der Waals surface area contributed by atoms with E-state index in [0.29, 0.717) is 6.42 Å². The van der Waals surface area contributed by atoms with Crippen molar-refractivity contribution in [1.82, 2.24) is 4.90 Å². The zero-order chi connectivity index (χ0) is 19.1. The Morgan fingerprint density at radius 1 is 1.11 bits per heavy atom. The largest absolute Gasteiger partial charge is 0.481 e. The molecule has 0 spiro atoms. The van der Waals surface area contributed by atoms with Gasteiger partial charge in [-0.3, -0.25) is 4.79 Å². The molecule has 0 bridgehead atoms. The lowest BCUT2D eigenvalue weighted by Gasteiger charge is -2.34. The monoisotopic (exact) mass is 423 g/mol. The second-order valence-electron chi connectivity index (χ2n) is 6.99. The molecule has 1 fully saturated rings. The van der Waals surface area contributed by atoms with Crippen LogP contribution in [0, 0.1) is 0 Å². The lowest BCUT2D eigenvalue weighted by Crippen LogP contribution is -2.38. The highest BCUT2D eigenvalue weighted by Gasteiger charge is 2.25. The third kappa shape index (κ3) is 6.49. The molecule has 152 valence electrons. The smallest absolute Gasteiger partial charge is 0.303 e. The first-order valence-electron chi connectivity index (χ1n) is 9.52. The second kappa shape index (κ2) is 11.4. The van der Waals surface area contributed by atoms with Gasteiger partial charge in [-0.15, -0.1) is 12.4 Å². The summed E-state index contributed by atoms with van der Waals surface area (Å²) >= 11 is 6.46. The zero-order valence-electron chi connectivity index (χ0n) is 15.8. The Labute approximate surface area is 177 Å². The maximum Gasteiger partial charge on any atom is 0.303 e. The Kier molecular flexibility index (Phi) is 9.26. The van der Waals surface area contributed by atoms with Crippen LogP contribution in [0.25, 0.3) is 0 Å². The normalized spacial score (nSPS) is 16.3. The number of hydrogen-bond acceptors (Lipinski definition) is 3. The Bertz CT molecular complexity index is 734. The summed E-state index contributed by atoms with van der Waals surface area (Å²) in [4.78, 5) is 13.0. The number of carboxylic acid groups (broad SMARTS) is 1. The highest BCUT2D eigenvalue weighted by atomic mass is 35.5. The summed E-state index contributed by atoms with van der Waals surface area (Å²) in [7, 11) is 0. The minimum absolute atomic E-state index is 0. The predicted molar refractivity (Wildman–Crippen MR) is 114 cm³/mol. The van der Waals surface area contributed by atoms with Crippen molar-refractivity contribution in [1.29, 1.82) is 0 Å². The molecule has 0 amide bonds. The molecule has 1 aliphatic heterocycles. The molecule has 4 nitrogen and oxygen atoms in total. The van der Waals surface area contributed by atoms with Crippen molar-refractivity contribution in [2.24, 2.45) is 0 Å². The lowest BCUT2D eigenvalue weighted by molar-refractivity contribution is -0.137. The summed E-state index contributed by atoms with van der Waals surface area (Å²) in [5.41, 5.74) is 2.10. The Hall–Kier alpha value is -1.59. The minimum atomic E-state index is -0.723. The quantitative estimate of drug-likeness (QED) is 0.633. The van der Waals surface area contributed by atoms with Crippen LogP contribution in [0.15, 0.2) is 54.6 Å². The molecule has 2 aromatic rings. The van der Waals surface area contributed by atoms with E-state index in [2.05, 4.69) is 17.0 Å². The first kappa shape index (κ1) is 22.7. The zero-order valence-corrected chi connectivity index (χ0v) is 17.4. The van der Waals surface area contributed by atoms with Gasteiger partial charge in [0.25, 0.3) is 0 Å². The molecule has 0 aromatic heterocycles. The number of aliphatic carboxylic acids is 1. The van der Waals surface area contributed by atoms with Crippen molar-refractivity contribution in [2.45, 2.75) is 37.9 Å². The number of carbonyl (C=O) groups is 1. The highest BCUT2D eigenvalue weighted by Crippen LogP contribution is 2.33. The van der Waals surface area contributed by atoms with Crippen LogP contribution in [0.2, 0.25) is 5.02 Å². The standard InChI is InChI=1S/C22H26ClNO3.ClH/c23-20-10-5-4-9-19(20)22(17-7-2-1-3-8-17)27-18-12-15-24(16-13-18)14-6-11-21(25)26;/h1-5,7-10,18,22H,6,11-16H2,(H,25,26);1H. The molecular formula is C22H27Cl2NO3. The van der Waals surface area contributed by atoms with Crippen molar-refractivity contribution in [3.63, 3.8) is 0 Å². The maximum atomic E-state index is 10.7. The van der Waals surface area contributed by atoms with Crippen molar-refractivity contribution in [2.75, 3.05) is 19.6 Å². The van der Waals surface area contributed by atoms with E-state index in [9.17, 15) is 4.79 Å². The van der Waals surface area contributed by atoms with E-state index in [-0.39, 0.29) is 31.0 Å². The van der Waals surface area contributed by atoms with Gasteiger partial charge in [0.05, 0.1) is 6.10 Å². The summed E-state index contributed by atoms with van der Waals surface area (Å²) in [6, 6.07) is 18.1. The molecule has 1 unspecified atom stereocenters. The van der Waals surface area contributed by atoms with Crippen molar-refractivity contribution in [3.8, 4) is 0 Å². The van der Waals surface area contributed by atoms with Crippen molar-refractivity contribution >= 4 is 30.0 Å². The third-order valence-corrected chi connectivity index (χ3v) is 5.36. The fourth-order valence-corrected chi connectivity index (χ4v) is 3.80. The van der Waals surface area contributed by atoms with Gasteiger partial charge in [-0.25, -0.2) is 0 Å². The molecule has 1 N–H and O–H groups in total. The van der Waals surface area contributed by atoms with Gasteiger partial charge in [-0.05, 0) is 37.4 Å². The van der Waals surface area contributed by atoms with E-state index >= 15 is 0 Å². The van der Waals surface area contributed by atoms with Crippen LogP contribution in [0.5, 0.6) is 0 Å². The summed E-state index contributed by atoms with van der Waals surface area (Å²) in [5.74, 6) is -0.723. The number of benzene rings is 2. The van der Waals surface area contributed by atoms with Gasteiger partial charge in [0.1, 0.15) is 6.10 Å². The summed E-state index contributed by atoms with van der Waals surface area (Å²) < 4.78 is 6.53. The molecule has 0 saturated carbocycles. The third-order valence-electron chi connectivity index (χ3n) is 5.02. The summed E-state index contributed by atoms with van der Waals surface area (Å²) in [5, 5.41) is 9.49. The molecule has 0 aliphatic carbocycles. The number of nitrogens with zero attached hydrogens (tertiary/aromatic N) is 1. The van der Waals surface area contributed by atoms with Crippen LogP contribution >= 0.6 is 24.0 Å². The Morgan fingerprint density at radius 3 is 2.39 bits per heavy atom. The fraction of sp³-hybridized carbons (Fsp3) is 0.409. The lowest BCUT2D eigenvalue weighted by atomic mass is 10.00. The van der Waals surface area contributed by atoms with E-state index in [1.165, 1.54) is 0 Å². The minimum Gasteiger partial charge on any atom is -0.481 e. The van der Waals surface area contributed by atoms with Gasteiger partial charge in [-0.2, -0.15) is 0 Å². The maximum absolute atomic E-state index is 10.7. The first-order valence-corrected chi connectivity index (χ1v) is 9.90. The van der Waals surface area contributed by atoms with E-state index in [1.807, 2.05) is 42.5 Å². The van der Waals surface area contributed by atoms with E-state index in [0.717, 1.165) is 48.6 Å². The van der Waals surface area contributed by atoms with Crippen LogP contribution in [0.1, 0.15) is 42.9 Å². The molecule has 1 saturated heterocycles. The van der Waals surface area contributed by atoms with Crippen LogP contribution in [-0.4, -0.2) is 41.7 Å². The average Bonchev–Trinajstić information content (AvgIpc) is 2.68. The number of carboxylic acids is 1.